The first kappa shape index (κ1) is 30.3. The molecule has 0 bridgehead atoms. The number of likely N-dealkylation sites (N-methyl/N-ethyl adjacent to an activating group) is 1. The maximum Gasteiger partial charge on any atom is 0.323 e. The van der Waals surface area contributed by atoms with Crippen LogP contribution in [0.2, 0.25) is 0 Å². The minimum atomic E-state index is -0.521. The van der Waals surface area contributed by atoms with Gasteiger partial charge in [-0.1, -0.05) is 25.1 Å². The zero-order chi connectivity index (χ0) is 30.2. The van der Waals surface area contributed by atoms with Crippen LogP contribution < -0.4 is 20.7 Å². The number of para-hydroxylation sites is 1. The molecule has 1 aliphatic rings. The van der Waals surface area contributed by atoms with Crippen LogP contribution in [0.15, 0.2) is 72.8 Å². The van der Waals surface area contributed by atoms with Crippen molar-refractivity contribution in [1.29, 1.82) is 0 Å². The van der Waals surface area contributed by atoms with Crippen LogP contribution in [0.25, 0.3) is 0 Å². The number of amides is 5. The van der Waals surface area contributed by atoms with Crippen molar-refractivity contribution in [1.82, 2.24) is 9.80 Å². The summed E-state index contributed by atoms with van der Waals surface area (Å²) in [6.07, 6.45) is -0.525. The molecule has 0 aromatic heterocycles. The lowest BCUT2D eigenvalue weighted by molar-refractivity contribution is -0.134. The average Bonchev–Trinajstić information content (AvgIpc) is 3.01. The molecule has 4 N–H and O–H groups in total. The summed E-state index contributed by atoms with van der Waals surface area (Å²) in [5.74, 6) is -0.356. The van der Waals surface area contributed by atoms with Crippen LogP contribution in [-0.4, -0.2) is 71.8 Å². The molecule has 1 heterocycles. The van der Waals surface area contributed by atoms with E-state index in [1.54, 1.807) is 49.2 Å². The lowest BCUT2D eigenvalue weighted by Crippen LogP contribution is -2.48. The van der Waals surface area contributed by atoms with Gasteiger partial charge >= 0.3 is 12.1 Å². The fourth-order valence-electron chi connectivity index (χ4n) is 4.65. The fraction of sp³-hybridized carbons (Fsp3) is 0.323. The SMILES string of the molecule is C[C@H](CO)N1C[C@H](C)[C@H](CN(C)C(=O)Nc2ccc(F)cc2)Oc2ccc(NC(=O)Nc3ccccc3)cc2CC1=O. The van der Waals surface area contributed by atoms with Crippen molar-refractivity contribution in [2.75, 3.05) is 42.7 Å². The molecule has 4 rings (SSSR count). The second-order valence-corrected chi connectivity index (χ2v) is 10.5. The largest absolute Gasteiger partial charge is 0.488 e. The van der Waals surface area contributed by atoms with Crippen LogP contribution in [0.4, 0.5) is 31.0 Å². The van der Waals surface area contributed by atoms with E-state index in [0.29, 0.717) is 34.9 Å². The Balaban J connectivity index is 1.55. The van der Waals surface area contributed by atoms with Gasteiger partial charge in [0.25, 0.3) is 0 Å². The smallest absolute Gasteiger partial charge is 0.323 e. The van der Waals surface area contributed by atoms with Gasteiger partial charge < -0.3 is 35.6 Å². The maximum atomic E-state index is 13.4. The van der Waals surface area contributed by atoms with Gasteiger partial charge in [0.2, 0.25) is 5.91 Å². The van der Waals surface area contributed by atoms with Crippen LogP contribution in [0.3, 0.4) is 0 Å². The molecule has 3 aromatic carbocycles. The maximum absolute atomic E-state index is 13.4. The minimum absolute atomic E-state index is 0.00414. The highest BCUT2D eigenvalue weighted by Gasteiger charge is 2.32. The second-order valence-electron chi connectivity index (χ2n) is 10.5. The molecule has 0 aliphatic carbocycles. The monoisotopic (exact) mass is 577 g/mol. The Morgan fingerprint density at radius 3 is 2.36 bits per heavy atom. The number of carbonyl (C=O) groups is 3. The number of fused-ring (bicyclic) bond motifs is 1. The Morgan fingerprint density at radius 2 is 1.67 bits per heavy atom. The predicted octanol–water partition coefficient (Wildman–Crippen LogP) is 4.78. The van der Waals surface area contributed by atoms with Gasteiger partial charge in [0.1, 0.15) is 17.7 Å². The molecule has 0 unspecified atom stereocenters. The topological polar surface area (TPSA) is 123 Å². The molecule has 10 nitrogen and oxygen atoms in total. The summed E-state index contributed by atoms with van der Waals surface area (Å²) in [4.78, 5) is 42.0. The summed E-state index contributed by atoms with van der Waals surface area (Å²) < 4.78 is 19.7. The normalized spacial score (nSPS) is 17.5. The van der Waals surface area contributed by atoms with Gasteiger partial charge in [-0.2, -0.15) is 0 Å². The van der Waals surface area contributed by atoms with Gasteiger partial charge in [-0.3, -0.25) is 4.79 Å². The number of nitrogens with zero attached hydrogens (tertiary/aromatic N) is 2. The minimum Gasteiger partial charge on any atom is -0.488 e. The highest BCUT2D eigenvalue weighted by atomic mass is 19.1. The third-order valence-electron chi connectivity index (χ3n) is 7.10. The number of nitrogens with one attached hydrogen (secondary N) is 3. The number of halogens is 1. The first-order valence-corrected chi connectivity index (χ1v) is 13.7. The van der Waals surface area contributed by atoms with Gasteiger partial charge in [0.15, 0.2) is 0 Å². The lowest BCUT2D eigenvalue weighted by Gasteiger charge is -2.34. The molecule has 1 aliphatic heterocycles. The van der Waals surface area contributed by atoms with Gasteiger partial charge in [0, 0.05) is 42.1 Å². The quantitative estimate of drug-likeness (QED) is 0.322. The van der Waals surface area contributed by atoms with Crippen LogP contribution in [0.1, 0.15) is 19.4 Å². The summed E-state index contributed by atoms with van der Waals surface area (Å²) >= 11 is 0. The Bertz CT molecular complexity index is 1390. The molecular weight excluding hydrogens is 541 g/mol. The summed E-state index contributed by atoms with van der Waals surface area (Å²) in [6, 6.07) is 18.3. The second kappa shape index (κ2) is 13.8. The Hall–Kier alpha value is -4.64. The molecule has 0 saturated carbocycles. The first-order chi connectivity index (χ1) is 20.1. The molecular formula is C31H36FN5O5. The molecule has 42 heavy (non-hydrogen) atoms. The molecule has 5 amide bonds. The molecule has 3 atom stereocenters. The third-order valence-corrected chi connectivity index (χ3v) is 7.10. The van der Waals surface area contributed by atoms with Crippen molar-refractivity contribution in [2.45, 2.75) is 32.4 Å². The number of ether oxygens (including phenoxy) is 1. The molecule has 3 aromatic rings. The molecule has 0 spiro atoms. The van der Waals surface area contributed by atoms with Crippen LogP contribution in [0.5, 0.6) is 5.75 Å². The van der Waals surface area contributed by atoms with E-state index in [2.05, 4.69) is 16.0 Å². The number of aliphatic hydroxyl groups is 1. The molecule has 11 heteroatoms. The highest BCUT2D eigenvalue weighted by Crippen LogP contribution is 2.29. The predicted molar refractivity (Wildman–Crippen MR) is 159 cm³/mol. The van der Waals surface area contributed by atoms with Gasteiger partial charge in [0.05, 0.1) is 25.6 Å². The van der Waals surface area contributed by atoms with Crippen LogP contribution in [0, 0.1) is 11.7 Å². The number of carbonyl (C=O) groups excluding carboxylic acids is 3. The molecule has 0 radical (unpaired) electrons. The van der Waals surface area contributed by atoms with E-state index in [4.69, 9.17) is 4.74 Å². The fourth-order valence-corrected chi connectivity index (χ4v) is 4.65. The molecule has 0 saturated heterocycles. The highest BCUT2D eigenvalue weighted by molar-refractivity contribution is 6.00. The van der Waals surface area contributed by atoms with Crippen molar-refractivity contribution in [3.05, 3.63) is 84.2 Å². The van der Waals surface area contributed by atoms with Crippen LogP contribution >= 0.6 is 0 Å². The first-order valence-electron chi connectivity index (χ1n) is 13.7. The Labute approximate surface area is 244 Å². The van der Waals surface area contributed by atoms with Gasteiger partial charge in [-0.25, -0.2) is 14.0 Å². The summed E-state index contributed by atoms with van der Waals surface area (Å²) in [7, 11) is 1.63. The van der Waals surface area contributed by atoms with E-state index in [9.17, 15) is 23.9 Å². The van der Waals surface area contributed by atoms with E-state index in [1.165, 1.54) is 29.2 Å². The van der Waals surface area contributed by atoms with E-state index >= 15 is 0 Å². The summed E-state index contributed by atoms with van der Waals surface area (Å²) in [5.41, 5.74) is 2.12. The number of anilines is 3. The lowest BCUT2D eigenvalue weighted by atomic mass is 10.0. The number of benzene rings is 3. The molecule has 0 fully saturated rings. The summed E-state index contributed by atoms with van der Waals surface area (Å²) in [5, 5.41) is 18.2. The average molecular weight is 578 g/mol. The van der Waals surface area contributed by atoms with Crippen molar-refractivity contribution in [3.8, 4) is 5.75 Å². The molecule has 222 valence electrons. The van der Waals surface area contributed by atoms with Crippen molar-refractivity contribution in [2.24, 2.45) is 5.92 Å². The number of aliphatic hydroxyl groups excluding tert-OH is 1. The van der Waals surface area contributed by atoms with Gasteiger partial charge in [-0.05, 0) is 61.5 Å². The third kappa shape index (κ3) is 7.97. The van der Waals surface area contributed by atoms with Crippen molar-refractivity contribution < 1.29 is 28.6 Å². The van der Waals surface area contributed by atoms with Crippen molar-refractivity contribution in [3.63, 3.8) is 0 Å². The zero-order valence-corrected chi connectivity index (χ0v) is 23.8. The zero-order valence-electron chi connectivity index (χ0n) is 23.8. The van der Waals surface area contributed by atoms with Crippen LogP contribution in [-0.2, 0) is 11.2 Å². The number of rotatable bonds is 7. The van der Waals surface area contributed by atoms with E-state index in [0.717, 1.165) is 0 Å². The standard InChI is InChI=1S/C31H36FN5O5/c1-20-17-37(21(2)19-38)29(39)16-22-15-26(34-30(40)33-24-7-5-4-6-8-24)13-14-27(22)42-28(20)18-36(3)31(41)35-25-11-9-23(32)10-12-25/h4-15,20-21,28,38H,16-19H2,1-3H3,(H,35,41)(H2,33,34,40)/t20-,21+,28-/m0/s1. The number of hydrogen-bond donors (Lipinski definition) is 4. The van der Waals surface area contributed by atoms with Crippen molar-refractivity contribution >= 4 is 35.0 Å². The van der Waals surface area contributed by atoms with E-state index in [-0.39, 0.29) is 31.4 Å². The van der Waals surface area contributed by atoms with Gasteiger partial charge in [-0.15, -0.1) is 0 Å². The van der Waals surface area contributed by atoms with E-state index in [1.807, 2.05) is 25.1 Å². The Morgan fingerprint density at radius 1 is 1.02 bits per heavy atom. The summed E-state index contributed by atoms with van der Waals surface area (Å²) in [6.45, 7) is 3.97. The number of hydrogen-bond acceptors (Lipinski definition) is 5. The number of urea groups is 2. The van der Waals surface area contributed by atoms with E-state index < -0.39 is 30.0 Å². The Kier molecular flexibility index (Phi) is 9.98.